The Morgan fingerprint density at radius 1 is 1.05 bits per heavy atom. The molecule has 0 fully saturated rings. The van der Waals surface area contributed by atoms with Gasteiger partial charge in [-0.15, -0.1) is 0 Å². The Balaban J connectivity index is 2.28. The van der Waals surface area contributed by atoms with Gasteiger partial charge in [0.1, 0.15) is 23.3 Å². The maximum atomic E-state index is 9.06. The molecule has 0 saturated heterocycles. The first-order valence-electron chi connectivity index (χ1n) is 5.80. The summed E-state index contributed by atoms with van der Waals surface area (Å²) >= 11 is 0. The number of benzene rings is 2. The van der Waals surface area contributed by atoms with E-state index in [0.29, 0.717) is 22.8 Å². The minimum Gasteiger partial charge on any atom is -0.497 e. The maximum absolute atomic E-state index is 9.06. The summed E-state index contributed by atoms with van der Waals surface area (Å²) in [6, 6.07) is 14.7. The highest BCUT2D eigenvalue weighted by molar-refractivity contribution is 5.51. The third-order valence-corrected chi connectivity index (χ3v) is 2.68. The van der Waals surface area contributed by atoms with Crippen LogP contribution in [0.15, 0.2) is 42.5 Å². The molecule has 2 aromatic carbocycles. The van der Waals surface area contributed by atoms with Crippen molar-refractivity contribution in [3.63, 3.8) is 0 Å². The third-order valence-electron chi connectivity index (χ3n) is 2.68. The molecule has 0 aliphatic carbocycles. The molecule has 0 amide bonds. The van der Waals surface area contributed by atoms with Gasteiger partial charge in [0.05, 0.1) is 12.7 Å². The highest BCUT2D eigenvalue weighted by atomic mass is 16.5. The van der Waals surface area contributed by atoms with E-state index in [2.05, 4.69) is 11.4 Å². The van der Waals surface area contributed by atoms with Crippen molar-refractivity contribution in [1.29, 1.82) is 5.26 Å². The molecular weight excluding hydrogens is 240 g/mol. The van der Waals surface area contributed by atoms with Crippen LogP contribution in [0.4, 0.5) is 5.69 Å². The van der Waals surface area contributed by atoms with Crippen LogP contribution in [0.3, 0.4) is 0 Å². The summed E-state index contributed by atoms with van der Waals surface area (Å²) in [6.07, 6.45) is 0. The third kappa shape index (κ3) is 2.96. The molecule has 96 valence electrons. The number of hydrogen-bond donors (Lipinski definition) is 1. The first kappa shape index (κ1) is 12.8. The van der Waals surface area contributed by atoms with Gasteiger partial charge in [-0.2, -0.15) is 5.26 Å². The van der Waals surface area contributed by atoms with E-state index in [0.717, 1.165) is 5.69 Å². The number of anilines is 1. The van der Waals surface area contributed by atoms with Crippen molar-refractivity contribution < 1.29 is 9.47 Å². The second kappa shape index (κ2) is 5.78. The van der Waals surface area contributed by atoms with Gasteiger partial charge in [0.25, 0.3) is 0 Å². The van der Waals surface area contributed by atoms with E-state index in [4.69, 9.17) is 14.7 Å². The zero-order valence-corrected chi connectivity index (χ0v) is 10.8. The van der Waals surface area contributed by atoms with Gasteiger partial charge in [-0.1, -0.05) is 0 Å². The minimum absolute atomic E-state index is 0.471. The summed E-state index contributed by atoms with van der Waals surface area (Å²) < 4.78 is 10.8. The van der Waals surface area contributed by atoms with Crippen LogP contribution in [0.1, 0.15) is 5.56 Å². The molecule has 0 aromatic heterocycles. The highest BCUT2D eigenvalue weighted by Gasteiger charge is 2.06. The second-order valence-electron chi connectivity index (χ2n) is 3.85. The van der Waals surface area contributed by atoms with Gasteiger partial charge in [0.15, 0.2) is 0 Å². The molecule has 0 unspecified atom stereocenters. The van der Waals surface area contributed by atoms with E-state index in [-0.39, 0.29) is 0 Å². The molecule has 0 atom stereocenters. The molecule has 0 bridgehead atoms. The van der Waals surface area contributed by atoms with Crippen LogP contribution < -0.4 is 14.8 Å². The Hall–Kier alpha value is -2.67. The van der Waals surface area contributed by atoms with E-state index < -0.39 is 0 Å². The lowest BCUT2D eigenvalue weighted by Crippen LogP contribution is -1.91. The predicted octanol–water partition coefficient (Wildman–Crippen LogP) is 3.40. The smallest absolute Gasteiger partial charge is 0.148 e. The average molecular weight is 254 g/mol. The molecule has 0 radical (unpaired) electrons. The van der Waals surface area contributed by atoms with Crippen molar-refractivity contribution in [2.24, 2.45) is 0 Å². The Kier molecular flexibility index (Phi) is 3.89. The largest absolute Gasteiger partial charge is 0.497 e. The minimum atomic E-state index is 0.471. The summed E-state index contributed by atoms with van der Waals surface area (Å²) in [4.78, 5) is 0. The van der Waals surface area contributed by atoms with E-state index in [9.17, 15) is 0 Å². The van der Waals surface area contributed by atoms with Crippen LogP contribution in [-0.2, 0) is 0 Å². The fourth-order valence-corrected chi connectivity index (χ4v) is 1.62. The Bertz CT molecular complexity index is 601. The molecule has 0 saturated carbocycles. The lowest BCUT2D eigenvalue weighted by molar-refractivity contribution is 0.409. The summed E-state index contributed by atoms with van der Waals surface area (Å²) in [5.74, 6) is 1.81. The number of rotatable bonds is 4. The molecule has 1 N–H and O–H groups in total. The number of nitriles is 1. The molecule has 0 aliphatic heterocycles. The first-order chi connectivity index (χ1) is 9.26. The van der Waals surface area contributed by atoms with E-state index in [1.165, 1.54) is 0 Å². The van der Waals surface area contributed by atoms with Gasteiger partial charge in [-0.05, 0) is 36.4 Å². The fraction of sp³-hybridized carbons (Fsp3) is 0.133. The first-order valence-corrected chi connectivity index (χ1v) is 5.80. The van der Waals surface area contributed by atoms with Crippen LogP contribution in [0.25, 0.3) is 0 Å². The number of nitrogens with zero attached hydrogens (tertiary/aromatic N) is 1. The van der Waals surface area contributed by atoms with Gasteiger partial charge < -0.3 is 14.8 Å². The van der Waals surface area contributed by atoms with Crippen molar-refractivity contribution in [3.05, 3.63) is 48.0 Å². The molecule has 0 heterocycles. The van der Waals surface area contributed by atoms with E-state index in [1.54, 1.807) is 25.3 Å². The van der Waals surface area contributed by atoms with Crippen molar-refractivity contribution in [2.75, 3.05) is 19.5 Å². The Labute approximate surface area is 112 Å². The van der Waals surface area contributed by atoms with Crippen LogP contribution in [0, 0.1) is 11.3 Å². The van der Waals surface area contributed by atoms with Crippen molar-refractivity contribution in [3.8, 4) is 23.3 Å². The van der Waals surface area contributed by atoms with Crippen LogP contribution in [0.2, 0.25) is 0 Å². The summed E-state index contributed by atoms with van der Waals surface area (Å²) in [6.45, 7) is 0. The summed E-state index contributed by atoms with van der Waals surface area (Å²) in [7, 11) is 3.43. The van der Waals surface area contributed by atoms with Gasteiger partial charge in [0.2, 0.25) is 0 Å². The molecule has 0 aliphatic rings. The van der Waals surface area contributed by atoms with Crippen molar-refractivity contribution in [2.45, 2.75) is 0 Å². The normalized spacial score (nSPS) is 9.53. The number of methoxy groups -OCH3 is 1. The van der Waals surface area contributed by atoms with Crippen molar-refractivity contribution >= 4 is 5.69 Å². The van der Waals surface area contributed by atoms with E-state index >= 15 is 0 Å². The molecule has 4 heteroatoms. The molecule has 4 nitrogen and oxygen atoms in total. The van der Waals surface area contributed by atoms with Crippen LogP contribution >= 0.6 is 0 Å². The van der Waals surface area contributed by atoms with Crippen LogP contribution in [0.5, 0.6) is 17.2 Å². The average Bonchev–Trinajstić information content (AvgIpc) is 2.48. The monoisotopic (exact) mass is 254 g/mol. The zero-order valence-electron chi connectivity index (χ0n) is 10.8. The second-order valence-corrected chi connectivity index (χ2v) is 3.85. The van der Waals surface area contributed by atoms with Gasteiger partial charge in [0, 0.05) is 18.8 Å². The van der Waals surface area contributed by atoms with Gasteiger partial charge in [-0.3, -0.25) is 0 Å². The highest BCUT2D eigenvalue weighted by Crippen LogP contribution is 2.29. The predicted molar refractivity (Wildman–Crippen MR) is 73.8 cm³/mol. The Morgan fingerprint density at radius 3 is 2.32 bits per heavy atom. The quantitative estimate of drug-likeness (QED) is 0.908. The molecule has 0 spiro atoms. The number of ether oxygens (including phenoxy) is 2. The standard InChI is InChI=1S/C15H14N2O2/c1-17-12-4-7-13(8-5-12)19-15-9-14(18-2)6-3-11(15)10-16/h3-9,17H,1-2H3. The van der Waals surface area contributed by atoms with Crippen molar-refractivity contribution in [1.82, 2.24) is 0 Å². The van der Waals surface area contributed by atoms with E-state index in [1.807, 2.05) is 31.3 Å². The zero-order chi connectivity index (χ0) is 13.7. The van der Waals surface area contributed by atoms with Crippen LogP contribution in [-0.4, -0.2) is 14.2 Å². The molecular formula is C15H14N2O2. The van der Waals surface area contributed by atoms with Gasteiger partial charge in [-0.25, -0.2) is 0 Å². The molecule has 2 rings (SSSR count). The SMILES string of the molecule is CNc1ccc(Oc2cc(OC)ccc2C#N)cc1. The topological polar surface area (TPSA) is 54.3 Å². The molecule has 19 heavy (non-hydrogen) atoms. The summed E-state index contributed by atoms with van der Waals surface area (Å²) in [5, 5.41) is 12.1. The lowest BCUT2D eigenvalue weighted by Gasteiger charge is -2.09. The lowest BCUT2D eigenvalue weighted by atomic mass is 10.2. The molecule has 2 aromatic rings. The maximum Gasteiger partial charge on any atom is 0.148 e. The Morgan fingerprint density at radius 2 is 1.74 bits per heavy atom. The number of nitrogens with one attached hydrogen (secondary N) is 1. The fourth-order valence-electron chi connectivity index (χ4n) is 1.62. The van der Waals surface area contributed by atoms with Gasteiger partial charge >= 0.3 is 0 Å². The number of hydrogen-bond acceptors (Lipinski definition) is 4. The summed E-state index contributed by atoms with van der Waals surface area (Å²) in [5.41, 5.74) is 1.47.